The molecule has 2 N–H and O–H groups in total. The van der Waals surface area contributed by atoms with Gasteiger partial charge < -0.3 is 10.6 Å². The Bertz CT molecular complexity index is 135. The van der Waals surface area contributed by atoms with Gasteiger partial charge in [0.1, 0.15) is 0 Å². The first-order valence-corrected chi connectivity index (χ1v) is 6.74. The molecule has 1 unspecified atom stereocenters. The molecule has 0 aromatic carbocycles. The predicted octanol–water partition coefficient (Wildman–Crippen LogP) is 2.40. The lowest BCUT2D eigenvalue weighted by Crippen LogP contribution is -2.27. The van der Waals surface area contributed by atoms with Gasteiger partial charge in [0, 0.05) is 0 Å². The molecule has 2 rings (SSSR count). The van der Waals surface area contributed by atoms with Gasteiger partial charge in [0.05, 0.1) is 0 Å². The molecule has 0 saturated carbocycles. The minimum absolute atomic E-state index is 0.925. The van der Waals surface area contributed by atoms with Crippen LogP contribution < -0.4 is 10.6 Å². The quantitative estimate of drug-likeness (QED) is 0.697. The molecule has 2 fully saturated rings. The summed E-state index contributed by atoms with van der Waals surface area (Å²) in [5, 5.41) is 6.68. The van der Waals surface area contributed by atoms with Gasteiger partial charge in [-0.05, 0) is 63.7 Å². The van der Waals surface area contributed by atoms with Crippen LogP contribution in [0.15, 0.2) is 0 Å². The molecule has 0 radical (unpaired) electrons. The summed E-state index contributed by atoms with van der Waals surface area (Å²) in [5.74, 6) is 1.95. The van der Waals surface area contributed by atoms with E-state index in [4.69, 9.17) is 0 Å². The summed E-state index contributed by atoms with van der Waals surface area (Å²) < 4.78 is 0. The van der Waals surface area contributed by atoms with Crippen molar-refractivity contribution in [1.29, 1.82) is 0 Å². The number of hydrogen-bond donors (Lipinski definition) is 2. The molecule has 90 valence electrons. The SMILES string of the molecule is CC1CCCNC1.CCC1CCNCC1. The Hall–Kier alpha value is -0.0800. The van der Waals surface area contributed by atoms with Gasteiger partial charge >= 0.3 is 0 Å². The van der Waals surface area contributed by atoms with Crippen LogP contribution in [0.5, 0.6) is 0 Å². The van der Waals surface area contributed by atoms with E-state index in [2.05, 4.69) is 24.5 Å². The second-order valence-electron chi connectivity index (χ2n) is 5.05. The van der Waals surface area contributed by atoms with Crippen LogP contribution in [-0.2, 0) is 0 Å². The number of hydrogen-bond acceptors (Lipinski definition) is 2. The topological polar surface area (TPSA) is 24.1 Å². The minimum atomic E-state index is 0.925. The lowest BCUT2D eigenvalue weighted by molar-refractivity contribution is 0.365. The standard InChI is InChI=1S/C7H15N.C6H13N/c1-2-7-3-5-8-6-4-7;1-6-3-2-4-7-5-6/h7-8H,2-6H2,1H3;6-7H,2-5H2,1H3. The van der Waals surface area contributed by atoms with E-state index in [0.717, 1.165) is 11.8 Å². The summed E-state index contributed by atoms with van der Waals surface area (Å²) in [4.78, 5) is 0. The Labute approximate surface area is 95.2 Å². The molecular weight excluding hydrogens is 184 g/mol. The fourth-order valence-electron chi connectivity index (χ4n) is 2.32. The first-order chi connectivity index (χ1) is 7.33. The normalized spacial score (nSPS) is 28.0. The van der Waals surface area contributed by atoms with Crippen LogP contribution >= 0.6 is 0 Å². The summed E-state index contributed by atoms with van der Waals surface area (Å²) >= 11 is 0. The van der Waals surface area contributed by atoms with E-state index < -0.39 is 0 Å². The Balaban J connectivity index is 0.000000151. The molecule has 2 saturated heterocycles. The van der Waals surface area contributed by atoms with Crippen LogP contribution in [0.25, 0.3) is 0 Å². The Morgan fingerprint density at radius 2 is 1.73 bits per heavy atom. The van der Waals surface area contributed by atoms with E-state index in [1.54, 1.807) is 0 Å². The van der Waals surface area contributed by atoms with E-state index in [0.29, 0.717) is 0 Å². The van der Waals surface area contributed by atoms with Crippen LogP contribution in [-0.4, -0.2) is 26.2 Å². The van der Waals surface area contributed by atoms with Crippen molar-refractivity contribution in [1.82, 2.24) is 10.6 Å². The molecular formula is C13H28N2. The first kappa shape index (κ1) is 13.0. The Morgan fingerprint density at radius 3 is 2.07 bits per heavy atom. The van der Waals surface area contributed by atoms with Crippen LogP contribution in [0.4, 0.5) is 0 Å². The molecule has 0 amide bonds. The summed E-state index contributed by atoms with van der Waals surface area (Å²) in [6.45, 7) is 9.56. The van der Waals surface area contributed by atoms with Crippen LogP contribution in [0, 0.1) is 11.8 Å². The highest BCUT2D eigenvalue weighted by Crippen LogP contribution is 2.14. The Morgan fingerprint density at radius 1 is 1.00 bits per heavy atom. The highest BCUT2D eigenvalue weighted by Gasteiger charge is 2.08. The van der Waals surface area contributed by atoms with Crippen LogP contribution in [0.3, 0.4) is 0 Å². The summed E-state index contributed by atoms with van der Waals surface area (Å²) in [6, 6.07) is 0. The lowest BCUT2D eigenvalue weighted by Gasteiger charge is -2.20. The molecule has 2 nitrogen and oxygen atoms in total. The van der Waals surface area contributed by atoms with Crippen molar-refractivity contribution in [2.75, 3.05) is 26.2 Å². The van der Waals surface area contributed by atoms with Gasteiger partial charge in [-0.2, -0.15) is 0 Å². The molecule has 0 bridgehead atoms. The van der Waals surface area contributed by atoms with Crippen molar-refractivity contribution in [2.24, 2.45) is 11.8 Å². The molecule has 2 aliphatic heterocycles. The minimum Gasteiger partial charge on any atom is -0.317 e. The maximum Gasteiger partial charge on any atom is -0.00231 e. The fraction of sp³-hybridized carbons (Fsp3) is 1.00. The van der Waals surface area contributed by atoms with Gasteiger partial charge in [-0.1, -0.05) is 20.3 Å². The maximum absolute atomic E-state index is 3.35. The van der Waals surface area contributed by atoms with Crippen molar-refractivity contribution < 1.29 is 0 Å². The molecule has 0 aromatic heterocycles. The third kappa shape index (κ3) is 6.16. The summed E-state index contributed by atoms with van der Waals surface area (Å²) in [6.07, 6.45) is 6.98. The van der Waals surface area contributed by atoms with Crippen molar-refractivity contribution in [2.45, 2.75) is 46.0 Å². The molecule has 1 atom stereocenters. The molecule has 2 heterocycles. The highest BCUT2D eigenvalue weighted by molar-refractivity contribution is 4.66. The van der Waals surface area contributed by atoms with Gasteiger partial charge in [0.15, 0.2) is 0 Å². The monoisotopic (exact) mass is 212 g/mol. The average Bonchev–Trinajstić information content (AvgIpc) is 2.32. The second-order valence-corrected chi connectivity index (χ2v) is 5.05. The van der Waals surface area contributed by atoms with Crippen molar-refractivity contribution in [3.8, 4) is 0 Å². The summed E-state index contributed by atoms with van der Waals surface area (Å²) in [7, 11) is 0. The van der Waals surface area contributed by atoms with E-state index in [-0.39, 0.29) is 0 Å². The number of rotatable bonds is 1. The zero-order valence-corrected chi connectivity index (χ0v) is 10.5. The van der Waals surface area contributed by atoms with Gasteiger partial charge in [0.2, 0.25) is 0 Å². The molecule has 0 aliphatic carbocycles. The van der Waals surface area contributed by atoms with Crippen molar-refractivity contribution in [3.05, 3.63) is 0 Å². The third-order valence-corrected chi connectivity index (χ3v) is 3.58. The van der Waals surface area contributed by atoms with Crippen molar-refractivity contribution in [3.63, 3.8) is 0 Å². The largest absolute Gasteiger partial charge is 0.317 e. The number of piperidine rings is 2. The molecule has 0 aromatic rings. The maximum atomic E-state index is 3.35. The Kier molecular flexibility index (Phi) is 7.03. The van der Waals surface area contributed by atoms with E-state index in [9.17, 15) is 0 Å². The van der Waals surface area contributed by atoms with Crippen LogP contribution in [0.1, 0.15) is 46.0 Å². The molecule has 2 aliphatic rings. The average molecular weight is 212 g/mol. The zero-order valence-electron chi connectivity index (χ0n) is 10.5. The smallest absolute Gasteiger partial charge is 0.00231 e. The number of nitrogens with one attached hydrogen (secondary N) is 2. The van der Waals surface area contributed by atoms with Gasteiger partial charge in [-0.3, -0.25) is 0 Å². The summed E-state index contributed by atoms with van der Waals surface area (Å²) in [5.41, 5.74) is 0. The highest BCUT2D eigenvalue weighted by atomic mass is 14.9. The van der Waals surface area contributed by atoms with Gasteiger partial charge in [-0.15, -0.1) is 0 Å². The lowest BCUT2D eigenvalue weighted by atomic mass is 9.96. The predicted molar refractivity (Wildman–Crippen MR) is 67.2 cm³/mol. The molecule has 0 spiro atoms. The third-order valence-electron chi connectivity index (χ3n) is 3.58. The van der Waals surface area contributed by atoms with E-state index >= 15 is 0 Å². The fourth-order valence-corrected chi connectivity index (χ4v) is 2.32. The van der Waals surface area contributed by atoms with Gasteiger partial charge in [-0.25, -0.2) is 0 Å². The van der Waals surface area contributed by atoms with E-state index in [1.807, 2.05) is 0 Å². The van der Waals surface area contributed by atoms with E-state index in [1.165, 1.54) is 58.3 Å². The zero-order chi connectivity index (χ0) is 10.9. The van der Waals surface area contributed by atoms with Gasteiger partial charge in [0.25, 0.3) is 0 Å². The molecule has 2 heteroatoms. The van der Waals surface area contributed by atoms with Crippen molar-refractivity contribution >= 4 is 0 Å². The van der Waals surface area contributed by atoms with Crippen LogP contribution in [0.2, 0.25) is 0 Å². The second kappa shape index (κ2) is 8.12. The first-order valence-electron chi connectivity index (χ1n) is 6.74. The molecule has 15 heavy (non-hydrogen) atoms.